The lowest BCUT2D eigenvalue weighted by Gasteiger charge is -2.31. The van der Waals surface area contributed by atoms with Crippen LogP contribution in [0.3, 0.4) is 0 Å². The fourth-order valence-corrected chi connectivity index (χ4v) is 4.74. The van der Waals surface area contributed by atoms with Gasteiger partial charge < -0.3 is 5.32 Å². The zero-order valence-electron chi connectivity index (χ0n) is 14.6. The third-order valence-electron chi connectivity index (χ3n) is 4.61. The van der Waals surface area contributed by atoms with Crippen molar-refractivity contribution in [3.63, 3.8) is 0 Å². The largest absolute Gasteiger partial charge is 0.354 e. The van der Waals surface area contributed by atoms with Crippen LogP contribution < -0.4 is 5.32 Å². The SMILES string of the molecule is CC(C)NC(=O)C1CCN(S(=O)(=O)c2ccc3ccccc3c2)CC1. The maximum atomic E-state index is 12.9. The molecule has 2 aromatic carbocycles. The van der Waals surface area contributed by atoms with Gasteiger partial charge in [0.05, 0.1) is 4.90 Å². The summed E-state index contributed by atoms with van der Waals surface area (Å²) in [4.78, 5) is 12.4. The van der Waals surface area contributed by atoms with Crippen LogP contribution in [0.2, 0.25) is 0 Å². The average Bonchev–Trinajstić information content (AvgIpc) is 2.61. The average molecular weight is 360 g/mol. The second-order valence-electron chi connectivity index (χ2n) is 6.85. The van der Waals surface area contributed by atoms with Gasteiger partial charge in [-0.05, 0) is 49.6 Å². The summed E-state index contributed by atoms with van der Waals surface area (Å²) < 4.78 is 27.3. The first-order chi connectivity index (χ1) is 11.9. The van der Waals surface area contributed by atoms with Crippen LogP contribution in [-0.4, -0.2) is 37.8 Å². The number of carbonyl (C=O) groups excluding carboxylic acids is 1. The molecule has 0 radical (unpaired) electrons. The van der Waals surface area contributed by atoms with Gasteiger partial charge >= 0.3 is 0 Å². The van der Waals surface area contributed by atoms with Gasteiger partial charge in [-0.3, -0.25) is 4.79 Å². The van der Waals surface area contributed by atoms with E-state index in [1.807, 2.05) is 44.2 Å². The summed E-state index contributed by atoms with van der Waals surface area (Å²) in [5, 5.41) is 4.84. The highest BCUT2D eigenvalue weighted by Gasteiger charge is 2.32. The molecule has 1 saturated heterocycles. The molecule has 5 nitrogen and oxygen atoms in total. The van der Waals surface area contributed by atoms with Crippen LogP contribution in [0.4, 0.5) is 0 Å². The Balaban J connectivity index is 1.74. The van der Waals surface area contributed by atoms with E-state index in [1.54, 1.807) is 12.1 Å². The Morgan fingerprint density at radius 3 is 2.36 bits per heavy atom. The van der Waals surface area contributed by atoms with Crippen molar-refractivity contribution in [3.05, 3.63) is 42.5 Å². The molecule has 1 heterocycles. The number of nitrogens with one attached hydrogen (secondary N) is 1. The molecule has 134 valence electrons. The van der Waals surface area contributed by atoms with Crippen molar-refractivity contribution in [2.75, 3.05) is 13.1 Å². The number of nitrogens with zero attached hydrogens (tertiary/aromatic N) is 1. The van der Waals surface area contributed by atoms with Crippen molar-refractivity contribution < 1.29 is 13.2 Å². The standard InChI is InChI=1S/C19H24N2O3S/c1-14(2)20-19(22)16-9-11-21(12-10-16)25(23,24)18-8-7-15-5-3-4-6-17(15)13-18/h3-8,13-14,16H,9-12H2,1-2H3,(H,20,22). The Morgan fingerprint density at radius 2 is 1.72 bits per heavy atom. The van der Waals surface area contributed by atoms with E-state index in [2.05, 4.69) is 5.32 Å². The van der Waals surface area contributed by atoms with E-state index in [0.717, 1.165) is 10.8 Å². The number of amides is 1. The summed E-state index contributed by atoms with van der Waals surface area (Å²) in [6.07, 6.45) is 1.12. The Labute approximate surface area is 149 Å². The molecule has 3 rings (SSSR count). The Hall–Kier alpha value is -1.92. The highest BCUT2D eigenvalue weighted by Crippen LogP contribution is 2.26. The molecule has 1 aliphatic heterocycles. The normalized spacial score (nSPS) is 17.1. The molecule has 25 heavy (non-hydrogen) atoms. The van der Waals surface area contributed by atoms with Gasteiger partial charge in [0, 0.05) is 25.0 Å². The van der Waals surface area contributed by atoms with Gasteiger partial charge in [0.25, 0.3) is 0 Å². The van der Waals surface area contributed by atoms with Crippen LogP contribution in [0.15, 0.2) is 47.4 Å². The molecule has 1 N–H and O–H groups in total. The van der Waals surface area contributed by atoms with E-state index in [4.69, 9.17) is 0 Å². The number of hydrogen-bond acceptors (Lipinski definition) is 3. The minimum atomic E-state index is -3.52. The molecule has 0 aliphatic carbocycles. The van der Waals surface area contributed by atoms with Gasteiger partial charge in [-0.25, -0.2) is 8.42 Å². The Morgan fingerprint density at radius 1 is 1.08 bits per heavy atom. The van der Waals surface area contributed by atoms with Crippen molar-refractivity contribution in [3.8, 4) is 0 Å². The maximum absolute atomic E-state index is 12.9. The molecule has 0 saturated carbocycles. The van der Waals surface area contributed by atoms with Crippen LogP contribution in [-0.2, 0) is 14.8 Å². The zero-order valence-corrected chi connectivity index (χ0v) is 15.4. The van der Waals surface area contributed by atoms with Crippen molar-refractivity contribution in [2.45, 2.75) is 37.6 Å². The van der Waals surface area contributed by atoms with Crippen LogP contribution in [0.1, 0.15) is 26.7 Å². The highest BCUT2D eigenvalue weighted by molar-refractivity contribution is 7.89. The van der Waals surface area contributed by atoms with Crippen molar-refractivity contribution in [1.29, 1.82) is 0 Å². The van der Waals surface area contributed by atoms with E-state index in [1.165, 1.54) is 4.31 Å². The summed E-state index contributed by atoms with van der Waals surface area (Å²) in [6, 6.07) is 13.0. The lowest BCUT2D eigenvalue weighted by molar-refractivity contribution is -0.126. The molecule has 1 amide bonds. The summed E-state index contributed by atoms with van der Waals surface area (Å²) in [6.45, 7) is 4.62. The quantitative estimate of drug-likeness (QED) is 0.912. The van der Waals surface area contributed by atoms with E-state index in [-0.39, 0.29) is 17.9 Å². The molecule has 0 aromatic heterocycles. The molecule has 0 spiro atoms. The predicted octanol–water partition coefficient (Wildman–Crippen LogP) is 2.77. The van der Waals surface area contributed by atoms with E-state index >= 15 is 0 Å². The van der Waals surface area contributed by atoms with Gasteiger partial charge in [0.2, 0.25) is 15.9 Å². The number of benzene rings is 2. The lowest BCUT2D eigenvalue weighted by atomic mass is 9.97. The number of carbonyl (C=O) groups is 1. The molecule has 0 atom stereocenters. The van der Waals surface area contributed by atoms with Gasteiger partial charge in [-0.1, -0.05) is 30.3 Å². The maximum Gasteiger partial charge on any atom is 0.243 e. The predicted molar refractivity (Wildman–Crippen MR) is 98.7 cm³/mol. The van der Waals surface area contributed by atoms with Crippen LogP contribution >= 0.6 is 0 Å². The van der Waals surface area contributed by atoms with Crippen LogP contribution in [0.25, 0.3) is 10.8 Å². The fraction of sp³-hybridized carbons (Fsp3) is 0.421. The lowest BCUT2D eigenvalue weighted by Crippen LogP contribution is -2.44. The van der Waals surface area contributed by atoms with Crippen LogP contribution in [0.5, 0.6) is 0 Å². The van der Waals surface area contributed by atoms with Gasteiger partial charge in [0.1, 0.15) is 0 Å². The van der Waals surface area contributed by atoms with E-state index < -0.39 is 10.0 Å². The smallest absolute Gasteiger partial charge is 0.243 e. The Bertz CT molecular complexity index is 869. The second kappa shape index (κ2) is 7.14. The third kappa shape index (κ3) is 3.85. The fourth-order valence-electron chi connectivity index (χ4n) is 3.24. The number of rotatable bonds is 4. The molecular weight excluding hydrogens is 336 g/mol. The summed E-state index contributed by atoms with van der Waals surface area (Å²) in [7, 11) is -3.52. The summed E-state index contributed by atoms with van der Waals surface area (Å²) in [5.74, 6) is -0.0804. The first-order valence-corrected chi connectivity index (χ1v) is 10.1. The van der Waals surface area contributed by atoms with Gasteiger partial charge in [-0.2, -0.15) is 4.31 Å². The molecule has 0 unspecified atom stereocenters. The molecule has 2 aromatic rings. The summed E-state index contributed by atoms with van der Waals surface area (Å²) in [5.41, 5.74) is 0. The number of piperidine rings is 1. The summed E-state index contributed by atoms with van der Waals surface area (Å²) >= 11 is 0. The van der Waals surface area contributed by atoms with Crippen molar-refractivity contribution in [2.24, 2.45) is 5.92 Å². The first kappa shape index (κ1) is 17.9. The molecular formula is C19H24N2O3S. The Kier molecular flexibility index (Phi) is 5.11. The van der Waals surface area contributed by atoms with Crippen molar-refractivity contribution in [1.82, 2.24) is 9.62 Å². The van der Waals surface area contributed by atoms with Gasteiger partial charge in [-0.15, -0.1) is 0 Å². The molecule has 1 fully saturated rings. The zero-order chi connectivity index (χ0) is 18.0. The van der Waals surface area contributed by atoms with E-state index in [0.29, 0.717) is 30.8 Å². The third-order valence-corrected chi connectivity index (χ3v) is 6.51. The molecule has 1 aliphatic rings. The van der Waals surface area contributed by atoms with Crippen LogP contribution in [0, 0.1) is 5.92 Å². The topological polar surface area (TPSA) is 66.5 Å². The molecule has 0 bridgehead atoms. The van der Waals surface area contributed by atoms with Gasteiger partial charge in [0.15, 0.2) is 0 Å². The monoisotopic (exact) mass is 360 g/mol. The number of sulfonamides is 1. The minimum Gasteiger partial charge on any atom is -0.354 e. The number of hydrogen-bond donors (Lipinski definition) is 1. The molecule has 6 heteroatoms. The highest BCUT2D eigenvalue weighted by atomic mass is 32.2. The first-order valence-electron chi connectivity index (χ1n) is 8.67. The van der Waals surface area contributed by atoms with E-state index in [9.17, 15) is 13.2 Å². The number of fused-ring (bicyclic) bond motifs is 1. The van der Waals surface area contributed by atoms with Crippen molar-refractivity contribution >= 4 is 26.7 Å². The minimum absolute atomic E-state index is 0.0257. The second-order valence-corrected chi connectivity index (χ2v) is 8.79.